The van der Waals surface area contributed by atoms with Crippen LogP contribution in [-0.2, 0) is 61.2 Å². The van der Waals surface area contributed by atoms with E-state index in [1.165, 1.54) is 0 Å². The molecule has 210 valence electrons. The van der Waals surface area contributed by atoms with E-state index in [9.17, 15) is 28.5 Å². The molecule has 0 aromatic rings. The summed E-state index contributed by atoms with van der Waals surface area (Å²) in [5, 5.41) is 2.24. The average molecular weight is 553 g/mol. The fourth-order valence-electron chi connectivity index (χ4n) is 3.76. The quantitative estimate of drug-likeness (QED) is 0.146. The molecule has 2 aliphatic rings. The van der Waals surface area contributed by atoms with Crippen LogP contribution in [0.15, 0.2) is 0 Å². The van der Waals surface area contributed by atoms with E-state index in [-0.39, 0.29) is 25.8 Å². The molecule has 0 aromatic heterocycles. The van der Waals surface area contributed by atoms with Crippen molar-refractivity contribution in [2.45, 2.75) is 77.8 Å². The van der Waals surface area contributed by atoms with E-state index >= 15 is 0 Å². The molecule has 2 saturated heterocycles. The van der Waals surface area contributed by atoms with Gasteiger partial charge in [-0.3, -0.25) is 18.9 Å². The molecule has 0 aliphatic carbocycles. The van der Waals surface area contributed by atoms with Crippen LogP contribution in [0.4, 0.5) is 4.79 Å². The van der Waals surface area contributed by atoms with Crippen LogP contribution >= 0.6 is 7.60 Å². The molecular weight excluding hydrogens is 521 g/mol. The zero-order chi connectivity index (χ0) is 27.8. The van der Waals surface area contributed by atoms with Gasteiger partial charge in [0.1, 0.15) is 6.10 Å². The molecule has 37 heavy (non-hydrogen) atoms. The number of carbonyl (C=O) groups excluding carboxylic acids is 5. The number of ether oxygens (including phenoxy) is 6. The monoisotopic (exact) mass is 553 g/mol. The molecule has 6 atom stereocenters. The first-order valence-electron chi connectivity index (χ1n) is 11.6. The number of cyclic esters (lactones) is 2. The second-order valence-corrected chi connectivity index (χ2v) is 10.1. The van der Waals surface area contributed by atoms with Crippen LogP contribution < -0.4 is 5.32 Å². The van der Waals surface area contributed by atoms with E-state index < -0.39 is 80.9 Å². The van der Waals surface area contributed by atoms with Gasteiger partial charge in [-0.2, -0.15) is 0 Å². The first kappa shape index (κ1) is 30.6. The van der Waals surface area contributed by atoms with Crippen molar-refractivity contribution in [3.05, 3.63) is 0 Å². The summed E-state index contributed by atoms with van der Waals surface area (Å²) in [5.41, 5.74) is 0. The van der Waals surface area contributed by atoms with Crippen molar-refractivity contribution < 1.29 is 66.0 Å². The normalized spacial score (nSPS) is 27.7. The summed E-state index contributed by atoms with van der Waals surface area (Å²) in [4.78, 5) is 58.9. The number of amides is 1. The Morgan fingerprint density at radius 3 is 1.92 bits per heavy atom. The molecule has 2 aliphatic heterocycles. The molecule has 0 saturated carbocycles. The third kappa shape index (κ3) is 9.04. The zero-order valence-electron chi connectivity index (χ0n) is 21.2. The number of rotatable bonds is 13. The molecule has 2 heterocycles. The molecule has 0 radical (unpaired) electrons. The van der Waals surface area contributed by atoms with Crippen LogP contribution in [0.2, 0.25) is 0 Å². The van der Waals surface area contributed by atoms with E-state index in [1.807, 2.05) is 0 Å². The van der Waals surface area contributed by atoms with Gasteiger partial charge in [0, 0.05) is 20.8 Å². The molecule has 16 heteroatoms. The number of carbonyl (C=O) groups is 5. The fourth-order valence-corrected chi connectivity index (χ4v) is 5.45. The lowest BCUT2D eigenvalue weighted by molar-refractivity contribution is -0.304. The molecule has 0 spiro atoms. The minimum Gasteiger partial charge on any atom is -0.456 e. The molecule has 1 N–H and O–H groups in total. The van der Waals surface area contributed by atoms with Crippen LogP contribution in [0.25, 0.3) is 0 Å². The first-order valence-corrected chi connectivity index (χ1v) is 13.3. The molecule has 2 rings (SSSR count). The van der Waals surface area contributed by atoms with Crippen molar-refractivity contribution in [2.75, 3.05) is 26.0 Å². The highest BCUT2D eigenvalue weighted by molar-refractivity contribution is 7.53. The fraction of sp³-hybridized carbons (Fsp3) is 0.762. The summed E-state index contributed by atoms with van der Waals surface area (Å²) >= 11 is 0. The van der Waals surface area contributed by atoms with Crippen molar-refractivity contribution >= 4 is 37.6 Å². The molecule has 0 aromatic carbocycles. The molecule has 15 nitrogen and oxygen atoms in total. The SMILES string of the molecule is CCOP(=O)(CC[C@H]1O[C@H](OC[C@@H]2NC(=O)OC2=O)[C@@H](OC(C)=O)[C@@H](OC(C)=O)[C@@H]1OC(C)=O)OCC. The minimum absolute atomic E-state index is 0.0815. The maximum Gasteiger partial charge on any atom is 0.415 e. The maximum absolute atomic E-state index is 13.0. The van der Waals surface area contributed by atoms with Gasteiger partial charge in [0.05, 0.1) is 26.0 Å². The zero-order valence-corrected chi connectivity index (χ0v) is 22.1. The van der Waals surface area contributed by atoms with Gasteiger partial charge in [-0.25, -0.2) is 9.59 Å². The molecule has 0 bridgehead atoms. The van der Waals surface area contributed by atoms with E-state index in [0.717, 1.165) is 20.8 Å². The van der Waals surface area contributed by atoms with Crippen LogP contribution in [-0.4, -0.2) is 92.7 Å². The third-order valence-corrected chi connectivity index (χ3v) is 7.14. The van der Waals surface area contributed by atoms with Gasteiger partial charge in [0.2, 0.25) is 0 Å². The lowest BCUT2D eigenvalue weighted by Gasteiger charge is -2.44. The van der Waals surface area contributed by atoms with Crippen LogP contribution in [0.5, 0.6) is 0 Å². The van der Waals surface area contributed by atoms with Crippen LogP contribution in [0.1, 0.15) is 41.0 Å². The highest BCUT2D eigenvalue weighted by Gasteiger charge is 2.53. The average Bonchev–Trinajstić information content (AvgIpc) is 3.10. The predicted octanol–water partition coefficient (Wildman–Crippen LogP) is 0.814. The van der Waals surface area contributed by atoms with Crippen molar-refractivity contribution in [1.82, 2.24) is 5.32 Å². The van der Waals surface area contributed by atoms with E-state index in [2.05, 4.69) is 10.1 Å². The summed E-state index contributed by atoms with van der Waals surface area (Å²) in [5.74, 6) is -3.25. The number of nitrogens with one attached hydrogen (secondary N) is 1. The summed E-state index contributed by atoms with van der Waals surface area (Å²) in [7, 11) is -3.56. The Bertz CT molecular complexity index is 900. The summed E-state index contributed by atoms with van der Waals surface area (Å²) in [6, 6.07) is -1.18. The standard InChI is InChI=1S/C21H32NO14P/c1-6-30-37(28,31-7-2)9-8-15-16(32-11(3)23)17(33-12(4)24)18(34-13(5)25)20(35-15)29-10-14-19(26)36-21(27)22-14/h14-18,20H,6-10H2,1-5H3,(H,22,27)/t14-,15+,16+,17-,18-,20-/m0/s1. The van der Waals surface area contributed by atoms with Gasteiger partial charge in [0.15, 0.2) is 30.6 Å². The Labute approximate surface area is 213 Å². The van der Waals surface area contributed by atoms with Crippen molar-refractivity contribution in [2.24, 2.45) is 0 Å². The Morgan fingerprint density at radius 2 is 1.43 bits per heavy atom. The molecular formula is C21H32NO14P. The summed E-state index contributed by atoms with van der Waals surface area (Å²) in [6.07, 6.45) is -7.94. The first-order chi connectivity index (χ1) is 17.4. The Hall–Kier alpha value is -2.58. The molecule has 1 amide bonds. The van der Waals surface area contributed by atoms with Crippen LogP contribution in [0.3, 0.4) is 0 Å². The van der Waals surface area contributed by atoms with Crippen molar-refractivity contribution in [1.29, 1.82) is 0 Å². The maximum atomic E-state index is 13.0. The lowest BCUT2D eigenvalue weighted by atomic mass is 9.96. The number of hydrogen-bond acceptors (Lipinski definition) is 14. The van der Waals surface area contributed by atoms with Gasteiger partial charge < -0.3 is 42.8 Å². The van der Waals surface area contributed by atoms with Gasteiger partial charge in [-0.05, 0) is 20.3 Å². The minimum atomic E-state index is -3.56. The topological polar surface area (TPSA) is 188 Å². The van der Waals surface area contributed by atoms with Gasteiger partial charge in [0.25, 0.3) is 0 Å². The molecule has 0 unspecified atom stereocenters. The van der Waals surface area contributed by atoms with Gasteiger partial charge in [-0.15, -0.1) is 0 Å². The Balaban J connectivity index is 2.37. The highest BCUT2D eigenvalue weighted by Crippen LogP contribution is 2.49. The largest absolute Gasteiger partial charge is 0.456 e. The van der Waals surface area contributed by atoms with E-state index in [4.69, 9.17) is 32.7 Å². The predicted molar refractivity (Wildman–Crippen MR) is 120 cm³/mol. The smallest absolute Gasteiger partial charge is 0.415 e. The highest BCUT2D eigenvalue weighted by atomic mass is 31.2. The Kier molecular flexibility index (Phi) is 11.4. The van der Waals surface area contributed by atoms with Crippen molar-refractivity contribution in [3.8, 4) is 0 Å². The van der Waals surface area contributed by atoms with Crippen molar-refractivity contribution in [3.63, 3.8) is 0 Å². The number of hydrogen-bond donors (Lipinski definition) is 1. The lowest BCUT2D eigenvalue weighted by Crippen LogP contribution is -2.62. The summed E-state index contributed by atoms with van der Waals surface area (Å²) in [6.45, 7) is 6.34. The number of alkyl carbamates (subject to hydrolysis) is 1. The van der Waals surface area contributed by atoms with Gasteiger partial charge in [-0.1, -0.05) is 0 Å². The second kappa shape index (κ2) is 13.8. The van der Waals surface area contributed by atoms with Gasteiger partial charge >= 0.3 is 37.6 Å². The van der Waals surface area contributed by atoms with E-state index in [1.54, 1.807) is 13.8 Å². The molecule has 2 fully saturated rings. The van der Waals surface area contributed by atoms with E-state index in [0.29, 0.717) is 0 Å². The second-order valence-electron chi connectivity index (χ2n) is 7.96. The summed E-state index contributed by atoms with van der Waals surface area (Å²) < 4.78 is 55.6. The van der Waals surface area contributed by atoms with Crippen LogP contribution in [0, 0.1) is 0 Å². The number of esters is 4. The third-order valence-electron chi connectivity index (χ3n) is 5.03. The Morgan fingerprint density at radius 1 is 0.892 bits per heavy atom.